The van der Waals surface area contributed by atoms with Gasteiger partial charge in [-0.05, 0) is 42.9 Å². The molecular formula is C12H14FNO2S. The van der Waals surface area contributed by atoms with Crippen LogP contribution in [0.5, 0.6) is 0 Å². The summed E-state index contributed by atoms with van der Waals surface area (Å²) in [5, 5.41) is 12.7. The number of aryl methyl sites for hydroxylation is 1. The maximum Gasteiger partial charge on any atom is 0.257 e. The molecule has 1 aromatic rings. The van der Waals surface area contributed by atoms with E-state index >= 15 is 0 Å². The largest absolute Gasteiger partial charge is 0.379 e. The molecule has 92 valence electrons. The summed E-state index contributed by atoms with van der Waals surface area (Å²) in [4.78, 5) is 11.9. The zero-order valence-electron chi connectivity index (χ0n) is 9.50. The van der Waals surface area contributed by atoms with Gasteiger partial charge in [-0.2, -0.15) is 11.8 Å². The molecule has 1 unspecified atom stereocenters. The Morgan fingerprint density at radius 3 is 2.94 bits per heavy atom. The van der Waals surface area contributed by atoms with Crippen molar-refractivity contribution in [2.75, 3.05) is 16.8 Å². The molecule has 5 heteroatoms. The Hall–Kier alpha value is -1.07. The lowest BCUT2D eigenvalue weighted by atomic mass is 10.0. The van der Waals surface area contributed by atoms with Crippen molar-refractivity contribution in [2.45, 2.75) is 18.9 Å². The SMILES string of the molecule is Cc1cc(NC(=O)C2(O)CCSC2)ccc1F. The molecule has 0 bridgehead atoms. The predicted octanol–water partition coefficient (Wildman–Crippen LogP) is 1.94. The van der Waals surface area contributed by atoms with Crippen molar-refractivity contribution < 1.29 is 14.3 Å². The number of hydrogen-bond acceptors (Lipinski definition) is 3. The average molecular weight is 255 g/mol. The lowest BCUT2D eigenvalue weighted by Gasteiger charge is -2.20. The fourth-order valence-corrected chi connectivity index (χ4v) is 2.94. The summed E-state index contributed by atoms with van der Waals surface area (Å²) in [5.74, 6) is 0.484. The molecular weight excluding hydrogens is 241 g/mol. The van der Waals surface area contributed by atoms with Crippen molar-refractivity contribution in [3.8, 4) is 0 Å². The van der Waals surface area contributed by atoms with Gasteiger partial charge in [-0.1, -0.05) is 0 Å². The van der Waals surface area contributed by atoms with Gasteiger partial charge in [0.05, 0.1) is 0 Å². The number of thioether (sulfide) groups is 1. The zero-order chi connectivity index (χ0) is 12.5. The molecule has 0 saturated carbocycles. The molecule has 1 aliphatic heterocycles. The fourth-order valence-electron chi connectivity index (χ4n) is 1.70. The van der Waals surface area contributed by atoms with Gasteiger partial charge in [0.1, 0.15) is 5.82 Å². The minimum atomic E-state index is -1.28. The van der Waals surface area contributed by atoms with E-state index in [4.69, 9.17) is 0 Å². The molecule has 1 fully saturated rings. The second-order valence-corrected chi connectivity index (χ2v) is 5.36. The quantitative estimate of drug-likeness (QED) is 0.849. The molecule has 1 saturated heterocycles. The predicted molar refractivity (Wildman–Crippen MR) is 66.7 cm³/mol. The minimum Gasteiger partial charge on any atom is -0.379 e. The third kappa shape index (κ3) is 2.61. The van der Waals surface area contributed by atoms with E-state index in [9.17, 15) is 14.3 Å². The summed E-state index contributed by atoms with van der Waals surface area (Å²) in [6.45, 7) is 1.63. The maximum absolute atomic E-state index is 13.0. The highest BCUT2D eigenvalue weighted by Crippen LogP contribution is 2.29. The third-order valence-corrected chi connectivity index (χ3v) is 4.01. The molecule has 0 aliphatic carbocycles. The molecule has 2 rings (SSSR count). The fraction of sp³-hybridized carbons (Fsp3) is 0.417. The Morgan fingerprint density at radius 1 is 1.59 bits per heavy atom. The molecule has 1 heterocycles. The van der Waals surface area contributed by atoms with Crippen molar-refractivity contribution in [1.29, 1.82) is 0 Å². The van der Waals surface area contributed by atoms with Gasteiger partial charge in [-0.3, -0.25) is 4.79 Å². The summed E-state index contributed by atoms with van der Waals surface area (Å²) in [6.07, 6.45) is 0.462. The molecule has 17 heavy (non-hydrogen) atoms. The number of aliphatic hydroxyl groups is 1. The summed E-state index contributed by atoms with van der Waals surface area (Å²) >= 11 is 1.55. The minimum absolute atomic E-state index is 0.307. The average Bonchev–Trinajstić information content (AvgIpc) is 2.72. The molecule has 1 aromatic carbocycles. The second kappa shape index (κ2) is 4.66. The summed E-state index contributed by atoms with van der Waals surface area (Å²) in [6, 6.07) is 4.35. The molecule has 0 aromatic heterocycles. The van der Waals surface area contributed by atoms with Crippen LogP contribution >= 0.6 is 11.8 Å². The number of benzene rings is 1. The number of carbonyl (C=O) groups is 1. The van der Waals surface area contributed by atoms with Gasteiger partial charge in [0.25, 0.3) is 5.91 Å². The first-order valence-electron chi connectivity index (χ1n) is 5.39. The van der Waals surface area contributed by atoms with Gasteiger partial charge in [-0.15, -0.1) is 0 Å². The molecule has 1 amide bonds. The lowest BCUT2D eigenvalue weighted by molar-refractivity contribution is -0.131. The Bertz CT molecular complexity index is 444. The first-order valence-corrected chi connectivity index (χ1v) is 6.54. The highest BCUT2D eigenvalue weighted by atomic mass is 32.2. The Morgan fingerprint density at radius 2 is 2.35 bits per heavy atom. The monoisotopic (exact) mass is 255 g/mol. The molecule has 0 spiro atoms. The van der Waals surface area contributed by atoms with Gasteiger partial charge in [0.15, 0.2) is 5.60 Å². The third-order valence-electron chi connectivity index (χ3n) is 2.84. The van der Waals surface area contributed by atoms with Crippen LogP contribution in [0.25, 0.3) is 0 Å². The van der Waals surface area contributed by atoms with Crippen molar-refractivity contribution in [1.82, 2.24) is 0 Å². The lowest BCUT2D eigenvalue weighted by Crippen LogP contribution is -2.42. The van der Waals surface area contributed by atoms with Gasteiger partial charge >= 0.3 is 0 Å². The van der Waals surface area contributed by atoms with E-state index in [-0.39, 0.29) is 5.82 Å². The summed E-state index contributed by atoms with van der Waals surface area (Å²) in [7, 11) is 0. The van der Waals surface area contributed by atoms with Crippen molar-refractivity contribution in [2.24, 2.45) is 0 Å². The van der Waals surface area contributed by atoms with E-state index in [1.807, 2.05) is 0 Å². The Kier molecular flexibility index (Phi) is 3.40. The van der Waals surface area contributed by atoms with Gasteiger partial charge in [0.2, 0.25) is 0 Å². The van der Waals surface area contributed by atoms with E-state index in [1.165, 1.54) is 12.1 Å². The molecule has 1 aliphatic rings. The van der Waals surface area contributed by atoms with Gasteiger partial charge in [-0.25, -0.2) is 4.39 Å². The van der Waals surface area contributed by atoms with Crippen LogP contribution < -0.4 is 5.32 Å². The number of carbonyl (C=O) groups excluding carboxylic acids is 1. The first-order chi connectivity index (χ1) is 8.01. The first kappa shape index (κ1) is 12.4. The van der Waals surface area contributed by atoms with Crippen LogP contribution in [0.15, 0.2) is 18.2 Å². The standard InChI is InChI=1S/C12H14FNO2S/c1-8-6-9(2-3-10(8)13)14-11(15)12(16)4-5-17-7-12/h2-3,6,16H,4-5,7H2,1H3,(H,14,15). The van der Waals surface area contributed by atoms with E-state index < -0.39 is 11.5 Å². The Labute approximate surface area is 103 Å². The van der Waals surface area contributed by atoms with Crippen LogP contribution in [-0.4, -0.2) is 28.1 Å². The number of hydrogen-bond donors (Lipinski definition) is 2. The van der Waals surface area contributed by atoms with Crippen LogP contribution in [0.3, 0.4) is 0 Å². The van der Waals surface area contributed by atoms with Gasteiger partial charge in [0, 0.05) is 11.4 Å². The smallest absolute Gasteiger partial charge is 0.257 e. The zero-order valence-corrected chi connectivity index (χ0v) is 10.3. The van der Waals surface area contributed by atoms with Crippen molar-refractivity contribution in [3.05, 3.63) is 29.6 Å². The van der Waals surface area contributed by atoms with Crippen LogP contribution in [0.4, 0.5) is 10.1 Å². The van der Waals surface area contributed by atoms with Crippen LogP contribution in [0, 0.1) is 12.7 Å². The Balaban J connectivity index is 2.10. The van der Waals surface area contributed by atoms with E-state index in [0.29, 0.717) is 23.4 Å². The van der Waals surface area contributed by atoms with Crippen LogP contribution in [0.1, 0.15) is 12.0 Å². The molecule has 1 atom stereocenters. The number of anilines is 1. The molecule has 0 radical (unpaired) electrons. The van der Waals surface area contributed by atoms with Crippen LogP contribution in [0.2, 0.25) is 0 Å². The normalized spacial score (nSPS) is 23.7. The summed E-state index contributed by atoms with van der Waals surface area (Å²) in [5.41, 5.74) is -0.303. The van der Waals surface area contributed by atoms with E-state index in [2.05, 4.69) is 5.32 Å². The van der Waals surface area contributed by atoms with E-state index in [1.54, 1.807) is 24.8 Å². The number of rotatable bonds is 2. The maximum atomic E-state index is 13.0. The van der Waals surface area contributed by atoms with Crippen molar-refractivity contribution in [3.63, 3.8) is 0 Å². The van der Waals surface area contributed by atoms with Crippen molar-refractivity contribution >= 4 is 23.4 Å². The second-order valence-electron chi connectivity index (χ2n) is 4.25. The topological polar surface area (TPSA) is 49.3 Å². The number of nitrogens with one attached hydrogen (secondary N) is 1. The highest BCUT2D eigenvalue weighted by Gasteiger charge is 2.39. The molecule has 2 N–H and O–H groups in total. The van der Waals surface area contributed by atoms with E-state index in [0.717, 1.165) is 5.75 Å². The van der Waals surface area contributed by atoms with Gasteiger partial charge < -0.3 is 10.4 Å². The summed E-state index contributed by atoms with van der Waals surface area (Å²) < 4.78 is 13.0. The van der Waals surface area contributed by atoms with Crippen LogP contribution in [-0.2, 0) is 4.79 Å². The number of amides is 1. The molecule has 3 nitrogen and oxygen atoms in total. The highest BCUT2D eigenvalue weighted by molar-refractivity contribution is 7.99. The number of halogens is 1.